The van der Waals surface area contributed by atoms with Gasteiger partial charge >= 0.3 is 0 Å². The van der Waals surface area contributed by atoms with Gasteiger partial charge in [-0.25, -0.2) is 8.42 Å². The number of nitrogens with one attached hydrogen (secondary N) is 1. The largest absolute Gasteiger partial charge is 0.398 e. The van der Waals surface area contributed by atoms with Crippen LogP contribution in [0.4, 0.5) is 10.8 Å². The van der Waals surface area contributed by atoms with Crippen molar-refractivity contribution in [2.45, 2.75) is 11.8 Å². The maximum Gasteiger partial charge on any atom is 0.265 e. The number of rotatable bonds is 3. The predicted molar refractivity (Wildman–Crippen MR) is 71.3 cm³/mol. The topological polar surface area (TPSA) is 98.0 Å². The minimum absolute atomic E-state index is 0.0810. The number of halogens is 1. The first-order valence-electron chi connectivity index (χ1n) is 4.75. The second-order valence-corrected chi connectivity index (χ2v) is 6.38. The summed E-state index contributed by atoms with van der Waals surface area (Å²) < 4.78 is 26.4. The lowest BCUT2D eigenvalue weighted by molar-refractivity contribution is 0.601. The summed E-state index contributed by atoms with van der Waals surface area (Å²) in [5.74, 6) is 0. The normalized spacial score (nSPS) is 11.4. The molecule has 0 aliphatic heterocycles. The summed E-state index contributed by atoms with van der Waals surface area (Å²) in [6.45, 7) is 1.75. The standard InChI is InChI=1S/C9H9ClN4O2S2/c1-5-2-6(10)8(3-7(5)11)18(15,16)14-9-13-12-4-17-9/h2-4H,11H2,1H3,(H,13,14). The van der Waals surface area contributed by atoms with E-state index in [0.29, 0.717) is 5.69 Å². The van der Waals surface area contributed by atoms with E-state index in [9.17, 15) is 8.42 Å². The zero-order chi connectivity index (χ0) is 13.3. The van der Waals surface area contributed by atoms with E-state index in [1.807, 2.05) is 0 Å². The molecule has 1 heterocycles. The molecule has 0 aliphatic rings. The molecule has 96 valence electrons. The quantitative estimate of drug-likeness (QED) is 0.844. The molecule has 0 bridgehead atoms. The lowest BCUT2D eigenvalue weighted by Gasteiger charge is -2.09. The van der Waals surface area contributed by atoms with Crippen LogP contribution in [0.3, 0.4) is 0 Å². The Morgan fingerprint density at radius 2 is 2.17 bits per heavy atom. The smallest absolute Gasteiger partial charge is 0.265 e. The van der Waals surface area contributed by atoms with Crippen molar-refractivity contribution in [2.75, 3.05) is 10.5 Å². The van der Waals surface area contributed by atoms with Gasteiger partial charge in [0.2, 0.25) is 5.13 Å². The van der Waals surface area contributed by atoms with Crippen molar-refractivity contribution < 1.29 is 8.42 Å². The average molecular weight is 305 g/mol. The number of nitrogens with two attached hydrogens (primary N) is 1. The van der Waals surface area contributed by atoms with Crippen molar-refractivity contribution in [1.29, 1.82) is 0 Å². The zero-order valence-corrected chi connectivity index (χ0v) is 11.6. The van der Waals surface area contributed by atoms with E-state index in [-0.39, 0.29) is 15.0 Å². The molecule has 0 saturated heterocycles. The van der Waals surface area contributed by atoms with Gasteiger partial charge in [-0.1, -0.05) is 22.9 Å². The van der Waals surface area contributed by atoms with E-state index in [2.05, 4.69) is 14.9 Å². The van der Waals surface area contributed by atoms with Crippen LogP contribution in [0.5, 0.6) is 0 Å². The van der Waals surface area contributed by atoms with E-state index in [0.717, 1.165) is 16.9 Å². The van der Waals surface area contributed by atoms with Crippen molar-refractivity contribution in [3.63, 3.8) is 0 Å². The molecule has 3 N–H and O–H groups in total. The maximum atomic E-state index is 12.1. The van der Waals surface area contributed by atoms with Crippen molar-refractivity contribution in [3.05, 3.63) is 28.2 Å². The molecule has 0 fully saturated rings. The maximum absolute atomic E-state index is 12.1. The van der Waals surface area contributed by atoms with Crippen LogP contribution in [0, 0.1) is 6.92 Å². The van der Waals surface area contributed by atoms with Crippen LogP contribution >= 0.6 is 22.9 Å². The molecule has 0 atom stereocenters. The van der Waals surface area contributed by atoms with E-state index in [1.54, 1.807) is 6.92 Å². The number of hydrogen-bond acceptors (Lipinski definition) is 6. The SMILES string of the molecule is Cc1cc(Cl)c(S(=O)(=O)Nc2nncs2)cc1N. The Balaban J connectivity index is 2.44. The van der Waals surface area contributed by atoms with Crippen LogP contribution in [0.25, 0.3) is 0 Å². The van der Waals surface area contributed by atoms with E-state index >= 15 is 0 Å². The highest BCUT2D eigenvalue weighted by Crippen LogP contribution is 2.28. The molecule has 18 heavy (non-hydrogen) atoms. The summed E-state index contributed by atoms with van der Waals surface area (Å²) in [5.41, 5.74) is 8.18. The Labute approximate surface area is 113 Å². The third kappa shape index (κ3) is 2.55. The van der Waals surface area contributed by atoms with E-state index in [4.69, 9.17) is 17.3 Å². The predicted octanol–water partition coefficient (Wildman–Crippen LogP) is 1.88. The Hall–Kier alpha value is -1.38. The van der Waals surface area contributed by atoms with E-state index in [1.165, 1.54) is 17.6 Å². The number of sulfonamides is 1. The minimum atomic E-state index is -3.81. The molecule has 0 spiro atoms. The van der Waals surface area contributed by atoms with E-state index < -0.39 is 10.0 Å². The molecular formula is C9H9ClN4O2S2. The van der Waals surface area contributed by atoms with Crippen molar-refractivity contribution in [2.24, 2.45) is 0 Å². The Kier molecular flexibility index (Phi) is 3.42. The molecule has 1 aromatic carbocycles. The summed E-state index contributed by atoms with van der Waals surface area (Å²) in [6, 6.07) is 2.83. The van der Waals surface area contributed by atoms with Gasteiger partial charge in [-0.2, -0.15) is 0 Å². The number of benzene rings is 1. The second kappa shape index (κ2) is 4.71. The molecule has 9 heteroatoms. The fraction of sp³-hybridized carbons (Fsp3) is 0.111. The first-order valence-corrected chi connectivity index (χ1v) is 7.49. The van der Waals surface area contributed by atoms with Crippen LogP contribution in [0.15, 0.2) is 22.5 Å². The van der Waals surface area contributed by atoms with Crippen LogP contribution in [0.2, 0.25) is 5.02 Å². The lowest BCUT2D eigenvalue weighted by Crippen LogP contribution is -2.14. The lowest BCUT2D eigenvalue weighted by atomic mass is 10.2. The summed E-state index contributed by atoms with van der Waals surface area (Å²) >= 11 is 6.99. The Morgan fingerprint density at radius 1 is 1.44 bits per heavy atom. The Bertz CT molecular complexity index is 670. The highest BCUT2D eigenvalue weighted by atomic mass is 35.5. The van der Waals surface area contributed by atoms with Crippen molar-refractivity contribution in [1.82, 2.24) is 10.2 Å². The highest BCUT2D eigenvalue weighted by Gasteiger charge is 2.20. The highest BCUT2D eigenvalue weighted by molar-refractivity contribution is 7.93. The molecule has 2 aromatic rings. The molecule has 0 saturated carbocycles. The Morgan fingerprint density at radius 3 is 2.78 bits per heavy atom. The number of aryl methyl sites for hydroxylation is 1. The molecule has 0 aliphatic carbocycles. The number of anilines is 2. The van der Waals surface area contributed by atoms with Gasteiger partial charge in [0.25, 0.3) is 10.0 Å². The zero-order valence-electron chi connectivity index (χ0n) is 9.21. The van der Waals surface area contributed by atoms with Gasteiger partial charge in [-0.05, 0) is 24.6 Å². The summed E-state index contributed by atoms with van der Waals surface area (Å²) in [5, 5.41) is 7.42. The second-order valence-electron chi connectivity index (χ2n) is 3.49. The molecular weight excluding hydrogens is 296 g/mol. The molecule has 1 aromatic heterocycles. The van der Waals surface area contributed by atoms with Gasteiger partial charge < -0.3 is 5.73 Å². The summed E-state index contributed by atoms with van der Waals surface area (Å²) in [7, 11) is -3.81. The van der Waals surface area contributed by atoms with Crippen molar-refractivity contribution in [3.8, 4) is 0 Å². The molecule has 0 radical (unpaired) electrons. The third-order valence-corrected chi connectivity index (χ3v) is 4.73. The molecule has 6 nitrogen and oxygen atoms in total. The van der Waals surface area contributed by atoms with Gasteiger partial charge in [0.05, 0.1) is 5.02 Å². The first-order chi connectivity index (χ1) is 8.40. The van der Waals surface area contributed by atoms with Gasteiger partial charge in [-0.3, -0.25) is 4.72 Å². The number of hydrogen-bond donors (Lipinski definition) is 2. The number of nitrogen functional groups attached to an aromatic ring is 1. The fourth-order valence-corrected chi connectivity index (χ4v) is 3.57. The van der Waals surface area contributed by atoms with Gasteiger partial charge in [0, 0.05) is 5.69 Å². The fourth-order valence-electron chi connectivity index (χ4n) is 1.26. The number of aromatic nitrogens is 2. The monoisotopic (exact) mass is 304 g/mol. The molecule has 2 rings (SSSR count). The third-order valence-electron chi connectivity index (χ3n) is 2.19. The average Bonchev–Trinajstić information content (AvgIpc) is 2.75. The molecule has 0 amide bonds. The summed E-state index contributed by atoms with van der Waals surface area (Å²) in [4.78, 5) is -0.0810. The van der Waals surface area contributed by atoms with Crippen LogP contribution in [-0.4, -0.2) is 18.6 Å². The molecule has 0 unspecified atom stereocenters. The number of nitrogens with zero attached hydrogens (tertiary/aromatic N) is 2. The summed E-state index contributed by atoms with van der Waals surface area (Å²) in [6.07, 6.45) is 0. The van der Waals surface area contributed by atoms with Crippen molar-refractivity contribution >= 4 is 43.8 Å². The van der Waals surface area contributed by atoms with Crippen LogP contribution in [0.1, 0.15) is 5.56 Å². The first kappa shape index (κ1) is 13.1. The van der Waals surface area contributed by atoms with Gasteiger partial charge in [-0.15, -0.1) is 10.2 Å². The van der Waals surface area contributed by atoms with Crippen LogP contribution < -0.4 is 10.5 Å². The van der Waals surface area contributed by atoms with Crippen LogP contribution in [-0.2, 0) is 10.0 Å². The van der Waals surface area contributed by atoms with Gasteiger partial charge in [0.15, 0.2) is 0 Å². The van der Waals surface area contributed by atoms with Gasteiger partial charge in [0.1, 0.15) is 10.4 Å². The minimum Gasteiger partial charge on any atom is -0.398 e.